The summed E-state index contributed by atoms with van der Waals surface area (Å²) in [7, 11) is 0. The fourth-order valence-corrected chi connectivity index (χ4v) is 4.59. The minimum atomic E-state index is -0.812. The fraction of sp³-hybridized carbons (Fsp3) is 0.130. The third kappa shape index (κ3) is 3.22. The lowest BCUT2D eigenvalue weighted by Gasteiger charge is -2.26. The number of Topliss-reactive ketones (excluding diaryl/α,β-unsaturated/α-hetero) is 1. The van der Waals surface area contributed by atoms with E-state index in [0.29, 0.717) is 26.7 Å². The number of carbonyl (C=O) groups excluding carboxylic acids is 2. The quantitative estimate of drug-likeness (QED) is 0.318. The number of aliphatic hydroxyl groups is 1. The van der Waals surface area contributed by atoms with E-state index < -0.39 is 23.5 Å². The molecule has 1 aliphatic heterocycles. The first kappa shape index (κ1) is 20.3. The number of benzene rings is 2. The van der Waals surface area contributed by atoms with Gasteiger partial charge in [-0.05, 0) is 66.8 Å². The molecule has 1 atom stereocenters. The summed E-state index contributed by atoms with van der Waals surface area (Å²) in [4.78, 5) is 28.2. The molecule has 30 heavy (non-hydrogen) atoms. The molecule has 1 saturated heterocycles. The number of ketones is 1. The first-order chi connectivity index (χ1) is 14.3. The van der Waals surface area contributed by atoms with Crippen molar-refractivity contribution in [2.45, 2.75) is 19.9 Å². The second-order valence-corrected chi connectivity index (χ2v) is 8.42. The number of hydrogen-bond acceptors (Lipinski definition) is 4. The summed E-state index contributed by atoms with van der Waals surface area (Å²) in [6.45, 7) is 3.34. The molecule has 0 aliphatic carbocycles. The minimum Gasteiger partial charge on any atom is -0.507 e. The zero-order valence-electron chi connectivity index (χ0n) is 16.1. The van der Waals surface area contributed by atoms with E-state index in [1.54, 1.807) is 38.1 Å². The molecular weight excluding hydrogens is 425 g/mol. The van der Waals surface area contributed by atoms with Gasteiger partial charge in [-0.3, -0.25) is 14.5 Å². The Kier molecular flexibility index (Phi) is 5.22. The maximum Gasteiger partial charge on any atom is 0.300 e. The van der Waals surface area contributed by atoms with Crippen LogP contribution in [-0.2, 0) is 9.59 Å². The molecule has 1 unspecified atom stereocenters. The molecule has 1 amide bonds. The van der Waals surface area contributed by atoms with Gasteiger partial charge in [-0.1, -0.05) is 23.7 Å². The molecule has 2 aromatic carbocycles. The van der Waals surface area contributed by atoms with E-state index in [9.17, 15) is 19.1 Å². The third-order valence-corrected chi connectivity index (χ3v) is 6.52. The van der Waals surface area contributed by atoms with Crippen LogP contribution in [0.15, 0.2) is 59.5 Å². The van der Waals surface area contributed by atoms with Crippen molar-refractivity contribution in [3.63, 3.8) is 0 Å². The highest BCUT2D eigenvalue weighted by Gasteiger charge is 2.47. The summed E-state index contributed by atoms with van der Waals surface area (Å²) < 4.78 is 13.7. The smallest absolute Gasteiger partial charge is 0.300 e. The average molecular weight is 442 g/mol. The lowest BCUT2D eigenvalue weighted by molar-refractivity contribution is -0.132. The number of rotatable bonds is 3. The molecule has 1 aromatic heterocycles. The second kappa shape index (κ2) is 7.70. The third-order valence-electron chi connectivity index (χ3n) is 5.19. The van der Waals surface area contributed by atoms with E-state index in [1.807, 2.05) is 11.4 Å². The number of amides is 1. The lowest BCUT2D eigenvalue weighted by atomic mass is 9.98. The molecule has 0 radical (unpaired) electrons. The van der Waals surface area contributed by atoms with Gasteiger partial charge < -0.3 is 5.11 Å². The van der Waals surface area contributed by atoms with Crippen LogP contribution in [0.4, 0.5) is 10.1 Å². The Hall–Kier alpha value is -2.96. The van der Waals surface area contributed by atoms with E-state index in [4.69, 9.17) is 11.6 Å². The van der Waals surface area contributed by atoms with E-state index in [2.05, 4.69) is 0 Å². The fourth-order valence-electron chi connectivity index (χ4n) is 3.60. The van der Waals surface area contributed by atoms with Crippen molar-refractivity contribution in [2.75, 3.05) is 4.90 Å². The Morgan fingerprint density at radius 2 is 1.90 bits per heavy atom. The van der Waals surface area contributed by atoms with Crippen LogP contribution in [0.5, 0.6) is 0 Å². The van der Waals surface area contributed by atoms with Gasteiger partial charge in [0.05, 0.1) is 5.57 Å². The number of hydrogen-bond donors (Lipinski definition) is 1. The van der Waals surface area contributed by atoms with Crippen molar-refractivity contribution in [3.8, 4) is 0 Å². The molecule has 0 spiro atoms. The normalized spacial score (nSPS) is 18.3. The summed E-state index contributed by atoms with van der Waals surface area (Å²) in [6.07, 6.45) is 0. The van der Waals surface area contributed by atoms with Crippen LogP contribution in [0, 0.1) is 19.7 Å². The van der Waals surface area contributed by atoms with Crippen LogP contribution in [0.2, 0.25) is 5.02 Å². The molecule has 7 heteroatoms. The summed E-state index contributed by atoms with van der Waals surface area (Å²) >= 11 is 7.63. The number of anilines is 1. The molecule has 2 heterocycles. The maximum atomic E-state index is 13.7. The van der Waals surface area contributed by atoms with Crippen LogP contribution < -0.4 is 4.90 Å². The molecular formula is C23H17ClFNO3S. The van der Waals surface area contributed by atoms with Gasteiger partial charge >= 0.3 is 0 Å². The van der Waals surface area contributed by atoms with Gasteiger partial charge in [0.1, 0.15) is 17.6 Å². The lowest BCUT2D eigenvalue weighted by Crippen LogP contribution is -2.29. The van der Waals surface area contributed by atoms with E-state index >= 15 is 0 Å². The maximum absolute atomic E-state index is 13.7. The topological polar surface area (TPSA) is 57.6 Å². The SMILES string of the molecule is Cc1cc(/C(O)=C2/C(=O)C(=O)N(c3cccc(Cl)c3C)C2c2cccs2)ccc1F. The van der Waals surface area contributed by atoms with Gasteiger partial charge in [0.2, 0.25) is 0 Å². The number of aryl methyl sites for hydroxylation is 1. The number of carbonyl (C=O) groups is 2. The highest BCUT2D eigenvalue weighted by Crippen LogP contribution is 2.45. The predicted molar refractivity (Wildman–Crippen MR) is 116 cm³/mol. The Morgan fingerprint density at radius 1 is 1.13 bits per heavy atom. The van der Waals surface area contributed by atoms with Gasteiger partial charge in [-0.15, -0.1) is 11.3 Å². The van der Waals surface area contributed by atoms with Crippen LogP contribution in [0.25, 0.3) is 5.76 Å². The summed E-state index contributed by atoms with van der Waals surface area (Å²) in [6, 6.07) is 12.0. The number of nitrogens with zero attached hydrogens (tertiary/aromatic N) is 1. The molecule has 1 aliphatic rings. The molecule has 152 valence electrons. The zero-order valence-corrected chi connectivity index (χ0v) is 17.7. The number of aliphatic hydroxyl groups excluding tert-OH is 1. The highest BCUT2D eigenvalue weighted by molar-refractivity contribution is 7.10. The van der Waals surface area contributed by atoms with Crippen LogP contribution in [-0.4, -0.2) is 16.8 Å². The van der Waals surface area contributed by atoms with E-state index in [0.717, 1.165) is 0 Å². The Balaban J connectivity index is 1.96. The van der Waals surface area contributed by atoms with Gasteiger partial charge in [0, 0.05) is 21.2 Å². The largest absolute Gasteiger partial charge is 0.507 e. The van der Waals surface area contributed by atoms with Crippen molar-refractivity contribution >= 4 is 46.1 Å². The highest BCUT2D eigenvalue weighted by atomic mass is 35.5. The number of thiophene rings is 1. The standard InChI is InChI=1S/C23H17ClFNO3S/c1-12-11-14(8-9-16(12)25)21(27)19-20(18-7-4-10-30-18)26(23(29)22(19)28)17-6-3-5-15(24)13(17)2/h3-11,20,27H,1-2H3/b21-19-. The Morgan fingerprint density at radius 3 is 2.57 bits per heavy atom. The Labute approximate surface area is 181 Å². The average Bonchev–Trinajstić information content (AvgIpc) is 3.33. The second-order valence-electron chi connectivity index (χ2n) is 7.03. The first-order valence-corrected chi connectivity index (χ1v) is 10.4. The van der Waals surface area contributed by atoms with Gasteiger partial charge in [0.25, 0.3) is 11.7 Å². The summed E-state index contributed by atoms with van der Waals surface area (Å²) in [5.74, 6) is -2.31. The van der Waals surface area contributed by atoms with Crippen molar-refractivity contribution in [3.05, 3.63) is 91.9 Å². The van der Waals surface area contributed by atoms with Crippen LogP contribution >= 0.6 is 22.9 Å². The number of halogens is 2. The molecule has 4 rings (SSSR count). The van der Waals surface area contributed by atoms with Crippen LogP contribution in [0.3, 0.4) is 0 Å². The zero-order chi connectivity index (χ0) is 21.6. The van der Waals surface area contributed by atoms with Gasteiger partial charge in [-0.2, -0.15) is 0 Å². The molecule has 4 nitrogen and oxygen atoms in total. The van der Waals surface area contributed by atoms with E-state index in [1.165, 1.54) is 34.4 Å². The van der Waals surface area contributed by atoms with Gasteiger partial charge in [0.15, 0.2) is 0 Å². The van der Waals surface area contributed by atoms with Gasteiger partial charge in [-0.25, -0.2) is 4.39 Å². The first-order valence-electron chi connectivity index (χ1n) is 9.17. The molecule has 0 saturated carbocycles. The van der Waals surface area contributed by atoms with Crippen LogP contribution in [0.1, 0.15) is 27.6 Å². The van der Waals surface area contributed by atoms with Crippen molar-refractivity contribution in [1.29, 1.82) is 0 Å². The minimum absolute atomic E-state index is 0.0344. The monoisotopic (exact) mass is 441 g/mol. The van der Waals surface area contributed by atoms with Crippen molar-refractivity contribution in [2.24, 2.45) is 0 Å². The van der Waals surface area contributed by atoms with Crippen molar-refractivity contribution < 1.29 is 19.1 Å². The molecule has 1 N–H and O–H groups in total. The van der Waals surface area contributed by atoms with Crippen molar-refractivity contribution in [1.82, 2.24) is 0 Å². The molecule has 0 bridgehead atoms. The summed E-state index contributed by atoms with van der Waals surface area (Å²) in [5.41, 5.74) is 1.72. The Bertz CT molecular complexity index is 1200. The molecule has 3 aromatic rings. The van der Waals surface area contributed by atoms with E-state index in [-0.39, 0.29) is 16.9 Å². The predicted octanol–water partition coefficient (Wildman–Crippen LogP) is 5.78. The summed E-state index contributed by atoms with van der Waals surface area (Å²) in [5, 5.41) is 13.3. The molecule has 1 fully saturated rings.